The van der Waals surface area contributed by atoms with Gasteiger partial charge in [0.1, 0.15) is 5.78 Å². The van der Waals surface area contributed by atoms with Crippen molar-refractivity contribution in [3.63, 3.8) is 0 Å². The first-order valence-corrected chi connectivity index (χ1v) is 6.98. The highest BCUT2D eigenvalue weighted by atomic mass is 16.1. The van der Waals surface area contributed by atoms with Crippen LogP contribution in [0.5, 0.6) is 0 Å². The Bertz CT molecular complexity index is 296. The van der Waals surface area contributed by atoms with E-state index in [0.29, 0.717) is 12.2 Å². The van der Waals surface area contributed by atoms with Crippen LogP contribution in [0.25, 0.3) is 0 Å². The average Bonchev–Trinajstić information content (AvgIpc) is 2.40. The van der Waals surface area contributed by atoms with Crippen LogP contribution < -0.4 is 5.73 Å². The van der Waals surface area contributed by atoms with Gasteiger partial charge >= 0.3 is 0 Å². The number of hydrogen-bond donors (Lipinski definition) is 1. The average molecular weight is 252 g/mol. The fourth-order valence-electron chi connectivity index (χ4n) is 2.74. The number of rotatable bonds is 4. The molecule has 2 N–H and O–H groups in total. The zero-order valence-corrected chi connectivity index (χ0v) is 12.4. The second kappa shape index (κ2) is 7.53. The summed E-state index contributed by atoms with van der Waals surface area (Å²) in [5, 5.41) is 7.32. The summed E-state index contributed by atoms with van der Waals surface area (Å²) < 4.78 is 0. The molecule has 104 valence electrons. The van der Waals surface area contributed by atoms with E-state index in [-0.39, 0.29) is 10.8 Å². The van der Waals surface area contributed by atoms with E-state index in [2.05, 4.69) is 13.8 Å². The molecule has 0 saturated heterocycles. The molecule has 0 atom stereocenters. The van der Waals surface area contributed by atoms with E-state index in [9.17, 15) is 4.79 Å². The monoisotopic (exact) mass is 252 g/mol. The number of nitriles is 1. The van der Waals surface area contributed by atoms with Crippen molar-refractivity contribution in [3.05, 3.63) is 0 Å². The molecule has 0 unspecified atom stereocenters. The van der Waals surface area contributed by atoms with Crippen molar-refractivity contribution in [1.29, 1.82) is 5.26 Å². The molecule has 0 aromatic rings. The second-order valence-electron chi connectivity index (χ2n) is 5.65. The van der Waals surface area contributed by atoms with Crippen LogP contribution in [0, 0.1) is 22.2 Å². The molecule has 0 aliphatic heterocycles. The molecule has 3 nitrogen and oxygen atoms in total. The predicted octanol–water partition coefficient (Wildman–Crippen LogP) is 3.43. The fourth-order valence-corrected chi connectivity index (χ4v) is 2.74. The molecular formula is C15H28N2O. The molecule has 0 radical (unpaired) electrons. The number of nitrogens with two attached hydrogens (primary N) is 1. The lowest BCUT2D eigenvalue weighted by Gasteiger charge is -2.43. The van der Waals surface area contributed by atoms with Gasteiger partial charge in [0.05, 0.1) is 6.07 Å². The summed E-state index contributed by atoms with van der Waals surface area (Å²) in [6, 6.07) is 1.75. The number of Topliss-reactive ketones (excluding diaryl/α,β-unsaturated/α-hetero) is 1. The van der Waals surface area contributed by atoms with E-state index in [4.69, 9.17) is 11.0 Å². The first kappa shape index (κ1) is 17.1. The first-order valence-electron chi connectivity index (χ1n) is 6.98. The molecule has 1 aliphatic rings. The van der Waals surface area contributed by atoms with Gasteiger partial charge in [0.15, 0.2) is 0 Å². The molecule has 18 heavy (non-hydrogen) atoms. The number of hydrogen-bond acceptors (Lipinski definition) is 3. The molecule has 0 heterocycles. The van der Waals surface area contributed by atoms with Crippen molar-refractivity contribution in [2.24, 2.45) is 16.6 Å². The predicted molar refractivity (Wildman–Crippen MR) is 74.9 cm³/mol. The molecule has 0 amide bonds. The summed E-state index contributed by atoms with van der Waals surface area (Å²) >= 11 is 0. The second-order valence-corrected chi connectivity index (χ2v) is 5.65. The van der Waals surface area contributed by atoms with Gasteiger partial charge in [0.2, 0.25) is 0 Å². The van der Waals surface area contributed by atoms with Crippen LogP contribution >= 0.6 is 0 Å². The summed E-state index contributed by atoms with van der Waals surface area (Å²) in [4.78, 5) is 12.0. The minimum atomic E-state index is -0.0105. The third kappa shape index (κ3) is 4.10. The Morgan fingerprint density at radius 1 is 1.28 bits per heavy atom. The van der Waals surface area contributed by atoms with Crippen LogP contribution in [0.1, 0.15) is 66.2 Å². The summed E-state index contributed by atoms with van der Waals surface area (Å²) in [6.07, 6.45) is 6.01. The van der Waals surface area contributed by atoms with Crippen molar-refractivity contribution in [2.45, 2.75) is 66.2 Å². The molecule has 1 fully saturated rings. The number of carbonyl (C=O) groups is 1. The van der Waals surface area contributed by atoms with Gasteiger partial charge in [-0.25, -0.2) is 0 Å². The Kier molecular flexibility index (Phi) is 7.16. The molecular weight excluding hydrogens is 224 g/mol. The smallest absolute Gasteiger partial charge is 0.138 e. The molecule has 0 bridgehead atoms. The van der Waals surface area contributed by atoms with Gasteiger partial charge in [-0.1, -0.05) is 20.8 Å². The van der Waals surface area contributed by atoms with E-state index >= 15 is 0 Å². The topological polar surface area (TPSA) is 66.9 Å². The molecule has 3 heteroatoms. The molecule has 0 spiro atoms. The van der Waals surface area contributed by atoms with Crippen LogP contribution in [0.3, 0.4) is 0 Å². The van der Waals surface area contributed by atoms with Crippen molar-refractivity contribution in [1.82, 2.24) is 0 Å². The lowest BCUT2D eigenvalue weighted by atomic mass is 9.61. The van der Waals surface area contributed by atoms with Gasteiger partial charge in [-0.3, -0.25) is 4.79 Å². The van der Waals surface area contributed by atoms with Crippen molar-refractivity contribution in [3.8, 4) is 6.07 Å². The largest absolute Gasteiger partial charge is 0.330 e. The highest BCUT2D eigenvalue weighted by molar-refractivity contribution is 5.84. The van der Waals surface area contributed by atoms with Crippen LogP contribution in [0.15, 0.2) is 0 Å². The van der Waals surface area contributed by atoms with E-state index in [1.807, 2.05) is 6.92 Å². The lowest BCUT2D eigenvalue weighted by Crippen LogP contribution is -2.40. The maximum Gasteiger partial charge on any atom is 0.138 e. The fraction of sp³-hybridized carbons (Fsp3) is 0.867. The Balaban J connectivity index is 0.000000873. The standard InChI is InChI=1S/C13H25NO.C2H3N/c1-4-11(15)13(5-2)8-6-12(3,10-14)7-9-13;1-2-3/h4-10,14H2,1-3H3;1H3. The maximum absolute atomic E-state index is 12.0. The zero-order valence-electron chi connectivity index (χ0n) is 12.4. The molecule has 1 aliphatic carbocycles. The first-order chi connectivity index (χ1) is 8.43. The van der Waals surface area contributed by atoms with E-state index in [0.717, 1.165) is 38.6 Å². The number of nitrogens with zero attached hydrogens (tertiary/aromatic N) is 1. The van der Waals surface area contributed by atoms with Crippen LogP contribution in [-0.4, -0.2) is 12.3 Å². The molecule has 0 aromatic heterocycles. The normalized spacial score (nSPS) is 30.9. The highest BCUT2D eigenvalue weighted by Crippen LogP contribution is 2.47. The minimum absolute atomic E-state index is 0.0105. The molecule has 0 aromatic carbocycles. The Hall–Kier alpha value is -0.880. The zero-order chi connectivity index (χ0) is 14.2. The van der Waals surface area contributed by atoms with Crippen molar-refractivity contribution < 1.29 is 4.79 Å². The Morgan fingerprint density at radius 2 is 1.72 bits per heavy atom. The molecule has 1 saturated carbocycles. The third-order valence-electron chi connectivity index (χ3n) is 4.50. The molecule has 1 rings (SSSR count). The minimum Gasteiger partial charge on any atom is -0.330 e. The van der Waals surface area contributed by atoms with Gasteiger partial charge in [-0.15, -0.1) is 0 Å². The van der Waals surface area contributed by atoms with Gasteiger partial charge in [0.25, 0.3) is 0 Å². The third-order valence-corrected chi connectivity index (χ3v) is 4.50. The summed E-state index contributed by atoms with van der Waals surface area (Å²) in [6.45, 7) is 8.57. The van der Waals surface area contributed by atoms with Gasteiger partial charge in [-0.05, 0) is 44.1 Å². The number of ketones is 1. The van der Waals surface area contributed by atoms with Gasteiger partial charge in [-0.2, -0.15) is 5.26 Å². The SMILES string of the molecule is CC#N.CCC(=O)C1(CC)CCC(C)(CN)CC1. The van der Waals surface area contributed by atoms with E-state index in [1.165, 1.54) is 6.92 Å². The summed E-state index contributed by atoms with van der Waals surface area (Å²) in [5.41, 5.74) is 6.07. The highest BCUT2D eigenvalue weighted by Gasteiger charge is 2.42. The Morgan fingerprint density at radius 3 is 2.00 bits per heavy atom. The lowest BCUT2D eigenvalue weighted by molar-refractivity contribution is -0.132. The summed E-state index contributed by atoms with van der Waals surface area (Å²) in [5.74, 6) is 0.462. The van der Waals surface area contributed by atoms with Crippen LogP contribution in [0.4, 0.5) is 0 Å². The van der Waals surface area contributed by atoms with Gasteiger partial charge in [0, 0.05) is 18.8 Å². The van der Waals surface area contributed by atoms with E-state index < -0.39 is 0 Å². The maximum atomic E-state index is 12.0. The quantitative estimate of drug-likeness (QED) is 0.833. The summed E-state index contributed by atoms with van der Waals surface area (Å²) in [7, 11) is 0. The van der Waals surface area contributed by atoms with E-state index in [1.54, 1.807) is 6.07 Å². The van der Waals surface area contributed by atoms with Gasteiger partial charge < -0.3 is 5.73 Å². The Labute approximate surface area is 112 Å². The van der Waals surface area contributed by atoms with Crippen LogP contribution in [-0.2, 0) is 4.79 Å². The van der Waals surface area contributed by atoms with Crippen molar-refractivity contribution >= 4 is 5.78 Å². The number of carbonyl (C=O) groups excluding carboxylic acids is 1. The van der Waals surface area contributed by atoms with Crippen molar-refractivity contribution in [2.75, 3.05) is 6.54 Å². The van der Waals surface area contributed by atoms with Crippen LogP contribution in [0.2, 0.25) is 0 Å².